The summed E-state index contributed by atoms with van der Waals surface area (Å²) in [6.45, 7) is 3.05. The van der Waals surface area contributed by atoms with Crippen LogP contribution in [0.25, 0.3) is 0 Å². The van der Waals surface area contributed by atoms with E-state index in [1.807, 2.05) is 6.07 Å². The Bertz CT molecular complexity index is 363. The maximum absolute atomic E-state index is 13.3. The summed E-state index contributed by atoms with van der Waals surface area (Å²) >= 11 is 5.96. The first-order valence-corrected chi connectivity index (χ1v) is 6.26. The van der Waals surface area contributed by atoms with Gasteiger partial charge in [-0.3, -0.25) is 0 Å². The van der Waals surface area contributed by atoms with Crippen molar-refractivity contribution in [2.24, 2.45) is 5.92 Å². The zero-order chi connectivity index (χ0) is 11.5. The van der Waals surface area contributed by atoms with E-state index in [2.05, 4.69) is 12.2 Å². The van der Waals surface area contributed by atoms with Crippen molar-refractivity contribution in [1.29, 1.82) is 0 Å². The molecule has 0 amide bonds. The van der Waals surface area contributed by atoms with E-state index in [4.69, 9.17) is 11.6 Å². The first-order chi connectivity index (χ1) is 7.72. The Hall–Kier alpha value is -0.600. The van der Waals surface area contributed by atoms with E-state index < -0.39 is 0 Å². The molecule has 1 atom stereocenters. The van der Waals surface area contributed by atoms with Crippen molar-refractivity contribution in [1.82, 2.24) is 5.32 Å². The van der Waals surface area contributed by atoms with Gasteiger partial charge in [-0.2, -0.15) is 0 Å². The highest BCUT2D eigenvalue weighted by Gasteiger charge is 2.31. The van der Waals surface area contributed by atoms with E-state index in [1.54, 1.807) is 6.07 Å². The molecule has 3 heteroatoms. The van der Waals surface area contributed by atoms with Gasteiger partial charge in [-0.05, 0) is 43.4 Å². The van der Waals surface area contributed by atoms with Gasteiger partial charge in [0.25, 0.3) is 0 Å². The second kappa shape index (κ2) is 5.15. The third-order valence-electron chi connectivity index (χ3n) is 3.13. The van der Waals surface area contributed by atoms with Gasteiger partial charge in [0.2, 0.25) is 0 Å². The monoisotopic (exact) mass is 241 g/mol. The standard InChI is InChI=1S/C13H17ClFN/c1-2-16-12(9-6-7-9)8-10-4-3-5-11(15)13(10)14/h3-5,9,12,16H,2,6-8H2,1H3. The minimum atomic E-state index is -0.315. The number of hydrogen-bond acceptors (Lipinski definition) is 1. The Morgan fingerprint density at radius 2 is 2.25 bits per heavy atom. The second-order valence-corrected chi connectivity index (χ2v) is 4.80. The first kappa shape index (κ1) is 11.9. The maximum atomic E-state index is 13.3. The Morgan fingerprint density at radius 3 is 2.88 bits per heavy atom. The van der Waals surface area contributed by atoms with E-state index in [9.17, 15) is 4.39 Å². The molecule has 1 aliphatic rings. The highest BCUT2D eigenvalue weighted by Crippen LogP contribution is 2.35. The predicted molar refractivity (Wildman–Crippen MR) is 65.3 cm³/mol. The summed E-state index contributed by atoms with van der Waals surface area (Å²) in [6.07, 6.45) is 3.39. The summed E-state index contributed by atoms with van der Waals surface area (Å²) in [5.41, 5.74) is 0.916. The van der Waals surface area contributed by atoms with Crippen molar-refractivity contribution >= 4 is 11.6 Å². The van der Waals surface area contributed by atoms with Crippen LogP contribution >= 0.6 is 11.6 Å². The molecule has 1 aromatic rings. The molecule has 88 valence electrons. The van der Waals surface area contributed by atoms with Gasteiger partial charge in [0.15, 0.2) is 0 Å². The smallest absolute Gasteiger partial charge is 0.142 e. The van der Waals surface area contributed by atoms with Crippen LogP contribution in [0.1, 0.15) is 25.3 Å². The van der Waals surface area contributed by atoms with Crippen LogP contribution in [0.5, 0.6) is 0 Å². The van der Waals surface area contributed by atoms with Crippen LogP contribution in [0.4, 0.5) is 4.39 Å². The molecule has 1 fully saturated rings. The Labute approximate surface area is 101 Å². The molecular weight excluding hydrogens is 225 g/mol. The number of hydrogen-bond donors (Lipinski definition) is 1. The lowest BCUT2D eigenvalue weighted by Gasteiger charge is -2.18. The van der Waals surface area contributed by atoms with Crippen LogP contribution < -0.4 is 5.32 Å². The normalized spacial score (nSPS) is 17.4. The molecule has 1 saturated carbocycles. The van der Waals surface area contributed by atoms with Gasteiger partial charge in [-0.1, -0.05) is 30.7 Å². The van der Waals surface area contributed by atoms with Gasteiger partial charge in [0.1, 0.15) is 5.82 Å². The van der Waals surface area contributed by atoms with Crippen LogP contribution in [0, 0.1) is 11.7 Å². The van der Waals surface area contributed by atoms with E-state index in [0.29, 0.717) is 6.04 Å². The van der Waals surface area contributed by atoms with Gasteiger partial charge in [-0.25, -0.2) is 4.39 Å². The van der Waals surface area contributed by atoms with E-state index in [1.165, 1.54) is 18.9 Å². The molecule has 1 nitrogen and oxygen atoms in total. The Kier molecular flexibility index (Phi) is 3.82. The highest BCUT2D eigenvalue weighted by atomic mass is 35.5. The number of halogens is 2. The topological polar surface area (TPSA) is 12.0 Å². The fourth-order valence-electron chi connectivity index (χ4n) is 2.11. The molecule has 16 heavy (non-hydrogen) atoms. The Balaban J connectivity index is 2.08. The third-order valence-corrected chi connectivity index (χ3v) is 3.55. The molecule has 0 aromatic heterocycles. The molecule has 2 rings (SSSR count). The molecule has 0 aliphatic heterocycles. The van der Waals surface area contributed by atoms with Crippen LogP contribution in [0.2, 0.25) is 5.02 Å². The first-order valence-electron chi connectivity index (χ1n) is 5.88. The summed E-state index contributed by atoms with van der Waals surface area (Å²) < 4.78 is 13.3. The van der Waals surface area contributed by atoms with Crippen LogP contribution in [-0.2, 0) is 6.42 Å². The van der Waals surface area contributed by atoms with Crippen molar-refractivity contribution in [3.8, 4) is 0 Å². The van der Waals surface area contributed by atoms with Crippen LogP contribution in [0.15, 0.2) is 18.2 Å². The van der Waals surface area contributed by atoms with Crippen LogP contribution in [0.3, 0.4) is 0 Å². The van der Waals surface area contributed by atoms with Gasteiger partial charge in [0, 0.05) is 6.04 Å². The van der Waals surface area contributed by atoms with Crippen molar-refractivity contribution in [3.63, 3.8) is 0 Å². The van der Waals surface area contributed by atoms with Gasteiger partial charge in [0.05, 0.1) is 5.02 Å². The molecule has 0 radical (unpaired) electrons. The average molecular weight is 242 g/mol. The minimum absolute atomic E-state index is 0.283. The zero-order valence-corrected chi connectivity index (χ0v) is 10.2. The maximum Gasteiger partial charge on any atom is 0.142 e. The summed E-state index contributed by atoms with van der Waals surface area (Å²) in [6, 6.07) is 5.50. The Morgan fingerprint density at radius 1 is 1.50 bits per heavy atom. The molecule has 0 spiro atoms. The van der Waals surface area contributed by atoms with E-state index in [-0.39, 0.29) is 10.8 Å². The molecule has 0 saturated heterocycles. The number of rotatable bonds is 5. The summed E-state index contributed by atoms with van der Waals surface area (Å²) in [5, 5.41) is 3.74. The molecule has 0 bridgehead atoms. The lowest BCUT2D eigenvalue weighted by atomic mass is 10.0. The lowest BCUT2D eigenvalue weighted by molar-refractivity contribution is 0.471. The predicted octanol–water partition coefficient (Wildman–Crippen LogP) is 3.41. The molecule has 1 N–H and O–H groups in total. The molecule has 1 unspecified atom stereocenters. The summed E-state index contributed by atoms with van der Waals surface area (Å²) in [5.74, 6) is 0.435. The van der Waals surface area contributed by atoms with E-state index in [0.717, 1.165) is 24.4 Å². The molecule has 1 aromatic carbocycles. The van der Waals surface area contributed by atoms with Gasteiger partial charge in [-0.15, -0.1) is 0 Å². The van der Waals surface area contributed by atoms with Gasteiger partial charge < -0.3 is 5.32 Å². The minimum Gasteiger partial charge on any atom is -0.314 e. The largest absolute Gasteiger partial charge is 0.314 e. The number of benzene rings is 1. The average Bonchev–Trinajstić information content (AvgIpc) is 3.07. The van der Waals surface area contributed by atoms with Crippen molar-refractivity contribution in [2.45, 2.75) is 32.2 Å². The van der Waals surface area contributed by atoms with Crippen molar-refractivity contribution < 1.29 is 4.39 Å². The number of nitrogens with one attached hydrogen (secondary N) is 1. The summed E-state index contributed by atoms with van der Waals surface area (Å²) in [4.78, 5) is 0. The van der Waals surface area contributed by atoms with Crippen molar-refractivity contribution in [2.75, 3.05) is 6.54 Å². The fourth-order valence-corrected chi connectivity index (χ4v) is 2.31. The molecule has 1 aliphatic carbocycles. The fraction of sp³-hybridized carbons (Fsp3) is 0.538. The lowest BCUT2D eigenvalue weighted by Crippen LogP contribution is -2.33. The zero-order valence-electron chi connectivity index (χ0n) is 9.47. The highest BCUT2D eigenvalue weighted by molar-refractivity contribution is 6.31. The van der Waals surface area contributed by atoms with Crippen LogP contribution in [-0.4, -0.2) is 12.6 Å². The quantitative estimate of drug-likeness (QED) is 0.833. The molecular formula is C13H17ClFN. The van der Waals surface area contributed by atoms with Gasteiger partial charge >= 0.3 is 0 Å². The molecule has 0 heterocycles. The number of likely N-dealkylation sites (N-methyl/N-ethyl adjacent to an activating group) is 1. The van der Waals surface area contributed by atoms with E-state index >= 15 is 0 Å². The SMILES string of the molecule is CCNC(Cc1cccc(F)c1Cl)C1CC1. The third kappa shape index (κ3) is 2.74. The van der Waals surface area contributed by atoms with Crippen molar-refractivity contribution in [3.05, 3.63) is 34.6 Å². The summed E-state index contributed by atoms with van der Waals surface area (Å²) in [7, 11) is 0. The second-order valence-electron chi connectivity index (χ2n) is 4.42.